The van der Waals surface area contributed by atoms with Gasteiger partial charge < -0.3 is 14.2 Å². The van der Waals surface area contributed by atoms with E-state index in [1.165, 1.54) is 16.0 Å². The van der Waals surface area contributed by atoms with E-state index >= 15 is 0 Å². The Morgan fingerprint density at radius 3 is 2.52 bits per heavy atom. The summed E-state index contributed by atoms with van der Waals surface area (Å²) in [6.07, 6.45) is 0.562. The Balaban J connectivity index is 1.20. The second-order valence-electron chi connectivity index (χ2n) is 8.24. The summed E-state index contributed by atoms with van der Waals surface area (Å²) in [5.41, 5.74) is 3.48. The van der Waals surface area contributed by atoms with Crippen LogP contribution in [-0.2, 0) is 11.3 Å². The minimum absolute atomic E-state index is 0.227. The average Bonchev–Trinajstić information content (AvgIpc) is 3.30. The molecule has 1 aromatic heterocycles. The van der Waals surface area contributed by atoms with Gasteiger partial charge in [-0.3, -0.25) is 9.69 Å². The van der Waals surface area contributed by atoms with Crippen molar-refractivity contribution in [1.82, 2.24) is 19.9 Å². The van der Waals surface area contributed by atoms with Gasteiger partial charge in [0.15, 0.2) is 0 Å². The van der Waals surface area contributed by atoms with E-state index < -0.39 is 0 Å². The molecule has 0 saturated carbocycles. The van der Waals surface area contributed by atoms with Crippen LogP contribution in [0.15, 0.2) is 51.9 Å². The van der Waals surface area contributed by atoms with Gasteiger partial charge in [-0.15, -0.1) is 11.8 Å². The predicted molar refractivity (Wildman–Crippen MR) is 129 cm³/mol. The summed E-state index contributed by atoms with van der Waals surface area (Å²) in [6, 6.07) is 14.0. The largest absolute Gasteiger partial charge is 0.497 e. The maximum Gasteiger partial charge on any atom is 0.241 e. The van der Waals surface area contributed by atoms with Crippen molar-refractivity contribution in [2.75, 3.05) is 39.0 Å². The smallest absolute Gasteiger partial charge is 0.241 e. The van der Waals surface area contributed by atoms with E-state index in [2.05, 4.69) is 47.1 Å². The lowest BCUT2D eigenvalue weighted by Gasteiger charge is -2.34. The lowest BCUT2D eigenvalue weighted by molar-refractivity contribution is -0.132. The molecule has 8 heteroatoms. The van der Waals surface area contributed by atoms with Crippen LogP contribution < -0.4 is 4.74 Å². The van der Waals surface area contributed by atoms with Gasteiger partial charge in [0.05, 0.1) is 13.7 Å². The van der Waals surface area contributed by atoms with Crippen LogP contribution >= 0.6 is 11.8 Å². The number of aromatic nitrogens is 2. The van der Waals surface area contributed by atoms with Gasteiger partial charge in [-0.1, -0.05) is 11.2 Å². The highest BCUT2D eigenvalue weighted by Gasteiger charge is 2.22. The first-order valence-electron chi connectivity index (χ1n) is 11.2. The number of nitrogens with zero attached hydrogens (tertiary/aromatic N) is 4. The van der Waals surface area contributed by atoms with Crippen LogP contribution in [0.2, 0.25) is 0 Å². The second kappa shape index (κ2) is 10.9. The van der Waals surface area contributed by atoms with Crippen LogP contribution in [0.25, 0.3) is 11.4 Å². The number of aryl methyl sites for hydroxylation is 2. The summed E-state index contributed by atoms with van der Waals surface area (Å²) in [5, 5.41) is 4.10. The van der Waals surface area contributed by atoms with E-state index in [-0.39, 0.29) is 5.91 Å². The van der Waals surface area contributed by atoms with Gasteiger partial charge in [-0.05, 0) is 61.4 Å². The number of ether oxygens (including phenoxy) is 1. The minimum Gasteiger partial charge on any atom is -0.497 e. The molecule has 0 atom stereocenters. The molecule has 1 fully saturated rings. The molecule has 7 nitrogen and oxygen atoms in total. The van der Waals surface area contributed by atoms with Crippen molar-refractivity contribution in [1.29, 1.82) is 0 Å². The lowest BCUT2D eigenvalue weighted by atomic mass is 10.1. The Bertz CT molecular complexity index is 1080. The van der Waals surface area contributed by atoms with Gasteiger partial charge in [0.1, 0.15) is 5.75 Å². The zero-order valence-corrected chi connectivity index (χ0v) is 20.2. The average molecular weight is 467 g/mol. The second-order valence-corrected chi connectivity index (χ2v) is 9.41. The number of hydrogen-bond acceptors (Lipinski definition) is 7. The van der Waals surface area contributed by atoms with Crippen LogP contribution in [-0.4, -0.2) is 64.9 Å². The predicted octanol–water partition coefficient (Wildman–Crippen LogP) is 4.19. The fourth-order valence-electron chi connectivity index (χ4n) is 3.74. The van der Waals surface area contributed by atoms with Crippen molar-refractivity contribution in [3.05, 3.63) is 59.5 Å². The highest BCUT2D eigenvalue weighted by atomic mass is 32.2. The van der Waals surface area contributed by atoms with E-state index in [1.54, 1.807) is 18.9 Å². The molecule has 0 bridgehead atoms. The van der Waals surface area contributed by atoms with Crippen LogP contribution in [0.5, 0.6) is 5.75 Å². The van der Waals surface area contributed by atoms with E-state index in [0.717, 1.165) is 43.2 Å². The Morgan fingerprint density at radius 2 is 1.82 bits per heavy atom. The van der Waals surface area contributed by atoms with Crippen LogP contribution in [0.3, 0.4) is 0 Å². The first-order valence-corrected chi connectivity index (χ1v) is 12.2. The number of carbonyl (C=O) groups is 1. The Labute approximate surface area is 199 Å². The van der Waals surface area contributed by atoms with Crippen molar-refractivity contribution in [2.45, 2.75) is 31.7 Å². The number of rotatable bonds is 8. The van der Waals surface area contributed by atoms with Crippen molar-refractivity contribution in [2.24, 2.45) is 0 Å². The SMILES string of the molecule is COc1ccc(-c2noc(CN3CCN(C(=O)CCSc4ccc(C)c(C)c4)CC3)n2)cc1. The zero-order valence-electron chi connectivity index (χ0n) is 19.4. The van der Waals surface area contributed by atoms with Crippen LogP contribution in [0.4, 0.5) is 0 Å². The number of amides is 1. The van der Waals surface area contributed by atoms with Gasteiger partial charge in [0.2, 0.25) is 17.6 Å². The molecule has 4 rings (SSSR count). The number of methoxy groups -OCH3 is 1. The van der Waals surface area contributed by atoms with E-state index in [0.29, 0.717) is 24.7 Å². The molecule has 1 amide bonds. The zero-order chi connectivity index (χ0) is 23.2. The minimum atomic E-state index is 0.227. The third kappa shape index (κ3) is 6.15. The quantitative estimate of drug-likeness (QED) is 0.461. The number of piperazine rings is 1. The summed E-state index contributed by atoms with van der Waals surface area (Å²) >= 11 is 1.75. The van der Waals surface area contributed by atoms with Gasteiger partial charge >= 0.3 is 0 Å². The molecular formula is C25H30N4O3S. The molecule has 3 aromatic rings. The highest BCUT2D eigenvalue weighted by Crippen LogP contribution is 2.23. The maximum absolute atomic E-state index is 12.6. The lowest BCUT2D eigenvalue weighted by Crippen LogP contribution is -2.48. The summed E-state index contributed by atoms with van der Waals surface area (Å²) in [4.78, 5) is 22.6. The number of hydrogen-bond donors (Lipinski definition) is 0. The molecule has 1 aliphatic rings. The number of benzene rings is 2. The third-order valence-corrected chi connectivity index (χ3v) is 6.96. The van der Waals surface area contributed by atoms with E-state index in [4.69, 9.17) is 9.26 Å². The summed E-state index contributed by atoms with van der Waals surface area (Å²) < 4.78 is 10.6. The van der Waals surface area contributed by atoms with Crippen LogP contribution in [0.1, 0.15) is 23.4 Å². The van der Waals surface area contributed by atoms with Crippen molar-refractivity contribution in [3.8, 4) is 17.1 Å². The molecule has 174 valence electrons. The third-order valence-electron chi connectivity index (χ3n) is 5.96. The van der Waals surface area contributed by atoms with Crippen molar-refractivity contribution >= 4 is 17.7 Å². The van der Waals surface area contributed by atoms with Gasteiger partial charge in [-0.2, -0.15) is 4.98 Å². The fraction of sp³-hybridized carbons (Fsp3) is 0.400. The fourth-order valence-corrected chi connectivity index (χ4v) is 4.68. The molecular weight excluding hydrogens is 436 g/mol. The molecule has 0 spiro atoms. The highest BCUT2D eigenvalue weighted by molar-refractivity contribution is 7.99. The monoisotopic (exact) mass is 466 g/mol. The molecule has 2 heterocycles. The molecule has 33 heavy (non-hydrogen) atoms. The molecule has 1 saturated heterocycles. The first-order chi connectivity index (χ1) is 16.0. The van der Waals surface area contributed by atoms with Gasteiger partial charge in [-0.25, -0.2) is 0 Å². The van der Waals surface area contributed by atoms with E-state index in [9.17, 15) is 4.79 Å². The molecule has 0 N–H and O–H groups in total. The topological polar surface area (TPSA) is 71.7 Å². The van der Waals surface area contributed by atoms with E-state index in [1.807, 2.05) is 29.2 Å². The summed E-state index contributed by atoms with van der Waals surface area (Å²) in [7, 11) is 1.64. The van der Waals surface area contributed by atoms with Gasteiger partial charge in [0.25, 0.3) is 0 Å². The molecule has 0 radical (unpaired) electrons. The van der Waals surface area contributed by atoms with Crippen molar-refractivity contribution in [3.63, 3.8) is 0 Å². The first kappa shape index (κ1) is 23.3. The van der Waals surface area contributed by atoms with Gasteiger partial charge in [0, 0.05) is 48.8 Å². The number of thioether (sulfide) groups is 1. The Morgan fingerprint density at radius 1 is 1.06 bits per heavy atom. The Kier molecular flexibility index (Phi) is 7.67. The normalized spacial score (nSPS) is 14.5. The summed E-state index contributed by atoms with van der Waals surface area (Å²) in [5.74, 6) is 2.98. The molecule has 0 unspecified atom stereocenters. The standard InChI is InChI=1S/C25H30N4O3S/c1-18-4-9-22(16-19(18)2)33-15-10-24(30)29-13-11-28(12-14-29)17-23-26-25(27-32-23)20-5-7-21(31-3)8-6-20/h4-9,16H,10-15,17H2,1-3H3. The Hall–Kier alpha value is -2.84. The number of carbonyl (C=O) groups excluding carboxylic acids is 1. The maximum atomic E-state index is 12.6. The molecule has 2 aromatic carbocycles. The summed E-state index contributed by atoms with van der Waals surface area (Å²) in [6.45, 7) is 7.89. The molecule has 0 aliphatic carbocycles. The molecule has 1 aliphatic heterocycles. The van der Waals surface area contributed by atoms with Crippen molar-refractivity contribution < 1.29 is 14.1 Å². The van der Waals surface area contributed by atoms with Crippen LogP contribution in [0, 0.1) is 13.8 Å².